The molecule has 0 spiro atoms. The summed E-state index contributed by atoms with van der Waals surface area (Å²) in [6.45, 7) is 2.03. The van der Waals surface area contributed by atoms with Crippen molar-refractivity contribution in [3.05, 3.63) is 53.3 Å². The Kier molecular flexibility index (Phi) is 2.49. The van der Waals surface area contributed by atoms with E-state index in [1.54, 1.807) is 0 Å². The molecule has 2 N–H and O–H groups in total. The number of halogens is 1. The number of nitrogen functional groups attached to an aromatic ring is 1. The number of anilines is 1. The van der Waals surface area contributed by atoms with Crippen molar-refractivity contribution >= 4 is 22.9 Å². The van der Waals surface area contributed by atoms with Gasteiger partial charge in [0.1, 0.15) is 0 Å². The Balaban J connectivity index is 2.27. The molecule has 0 saturated carbocycles. The summed E-state index contributed by atoms with van der Waals surface area (Å²) in [7, 11) is 0. The second kappa shape index (κ2) is 4.03. The van der Waals surface area contributed by atoms with E-state index >= 15 is 0 Å². The van der Waals surface area contributed by atoms with Gasteiger partial charge in [-0.2, -0.15) is 0 Å². The van der Waals surface area contributed by atoms with Crippen LogP contribution in [0.25, 0.3) is 16.9 Å². The monoisotopic (exact) mass is 257 g/mol. The van der Waals surface area contributed by atoms with Crippen molar-refractivity contribution in [2.75, 3.05) is 5.73 Å². The highest BCUT2D eigenvalue weighted by molar-refractivity contribution is 6.30. The van der Waals surface area contributed by atoms with E-state index in [0.717, 1.165) is 27.6 Å². The van der Waals surface area contributed by atoms with Crippen molar-refractivity contribution < 1.29 is 0 Å². The van der Waals surface area contributed by atoms with Gasteiger partial charge >= 0.3 is 0 Å². The van der Waals surface area contributed by atoms with Gasteiger partial charge in [-0.25, -0.2) is 4.98 Å². The first kappa shape index (κ1) is 11.1. The van der Waals surface area contributed by atoms with Crippen molar-refractivity contribution in [3.8, 4) is 11.3 Å². The minimum Gasteiger partial charge on any atom is -0.396 e. The number of hydrogen-bond acceptors (Lipinski definition) is 2. The van der Waals surface area contributed by atoms with Crippen LogP contribution in [0.4, 0.5) is 5.69 Å². The molecule has 0 bridgehead atoms. The number of pyridine rings is 1. The average molecular weight is 258 g/mol. The van der Waals surface area contributed by atoms with E-state index in [0.29, 0.717) is 5.69 Å². The summed E-state index contributed by atoms with van der Waals surface area (Å²) in [6, 6.07) is 11.4. The van der Waals surface area contributed by atoms with E-state index in [-0.39, 0.29) is 0 Å². The molecule has 0 radical (unpaired) electrons. The molecule has 1 aromatic carbocycles. The zero-order valence-electron chi connectivity index (χ0n) is 9.89. The number of aromatic nitrogens is 2. The molecule has 90 valence electrons. The first-order valence-electron chi connectivity index (χ1n) is 5.66. The molecule has 0 aliphatic heterocycles. The van der Waals surface area contributed by atoms with E-state index in [9.17, 15) is 0 Å². The molecular formula is C14H12ClN3. The van der Waals surface area contributed by atoms with Crippen LogP contribution in [-0.4, -0.2) is 9.38 Å². The summed E-state index contributed by atoms with van der Waals surface area (Å²) in [5, 5.41) is 0.722. The third-order valence-corrected chi connectivity index (χ3v) is 3.29. The van der Waals surface area contributed by atoms with Gasteiger partial charge in [-0.15, -0.1) is 0 Å². The number of nitrogens with two attached hydrogens (primary N) is 1. The molecule has 0 fully saturated rings. The third-order valence-electron chi connectivity index (χ3n) is 3.04. The Bertz CT molecular complexity index is 714. The SMILES string of the molecule is Cc1c(-c2ccc(Cl)cc2)nc2c(N)cccn12. The Morgan fingerprint density at radius 1 is 1.17 bits per heavy atom. The number of aryl methyl sites for hydroxylation is 1. The van der Waals surface area contributed by atoms with Crippen LogP contribution in [0.2, 0.25) is 5.02 Å². The fourth-order valence-corrected chi connectivity index (χ4v) is 2.21. The van der Waals surface area contributed by atoms with Crippen LogP contribution in [0.15, 0.2) is 42.6 Å². The minimum atomic E-state index is 0.681. The number of benzene rings is 1. The van der Waals surface area contributed by atoms with Gasteiger partial charge in [-0.3, -0.25) is 0 Å². The van der Waals surface area contributed by atoms with E-state index < -0.39 is 0 Å². The second-order valence-corrected chi connectivity index (χ2v) is 4.65. The maximum atomic E-state index is 5.94. The van der Waals surface area contributed by atoms with Gasteiger partial charge in [0.25, 0.3) is 0 Å². The van der Waals surface area contributed by atoms with Gasteiger partial charge in [-0.1, -0.05) is 23.7 Å². The topological polar surface area (TPSA) is 43.3 Å². The lowest BCUT2D eigenvalue weighted by Crippen LogP contribution is -1.92. The second-order valence-electron chi connectivity index (χ2n) is 4.21. The van der Waals surface area contributed by atoms with Crippen LogP contribution in [-0.2, 0) is 0 Å². The normalized spacial score (nSPS) is 11.0. The smallest absolute Gasteiger partial charge is 0.160 e. The number of imidazole rings is 1. The average Bonchev–Trinajstić information content (AvgIpc) is 2.70. The molecule has 2 aromatic heterocycles. The van der Waals surface area contributed by atoms with Crippen LogP contribution in [0, 0.1) is 6.92 Å². The zero-order valence-corrected chi connectivity index (χ0v) is 10.6. The fraction of sp³-hybridized carbons (Fsp3) is 0.0714. The van der Waals surface area contributed by atoms with Crippen LogP contribution in [0.1, 0.15) is 5.69 Å². The van der Waals surface area contributed by atoms with Crippen LogP contribution < -0.4 is 5.73 Å². The lowest BCUT2D eigenvalue weighted by Gasteiger charge is -1.99. The molecule has 4 heteroatoms. The van der Waals surface area contributed by atoms with E-state index in [1.165, 1.54) is 0 Å². The quantitative estimate of drug-likeness (QED) is 0.725. The number of rotatable bonds is 1. The lowest BCUT2D eigenvalue weighted by atomic mass is 10.1. The molecule has 0 aliphatic carbocycles. The highest BCUT2D eigenvalue weighted by atomic mass is 35.5. The Morgan fingerprint density at radius 3 is 2.56 bits per heavy atom. The lowest BCUT2D eigenvalue weighted by molar-refractivity contribution is 1.11. The van der Waals surface area contributed by atoms with E-state index in [1.807, 2.05) is 53.9 Å². The van der Waals surface area contributed by atoms with Crippen LogP contribution in [0.3, 0.4) is 0 Å². The summed E-state index contributed by atoms with van der Waals surface area (Å²) in [6.07, 6.45) is 1.97. The molecule has 0 amide bonds. The number of fused-ring (bicyclic) bond motifs is 1. The molecule has 3 nitrogen and oxygen atoms in total. The summed E-state index contributed by atoms with van der Waals surface area (Å²) < 4.78 is 2.00. The van der Waals surface area contributed by atoms with E-state index in [4.69, 9.17) is 17.3 Å². The molecule has 18 heavy (non-hydrogen) atoms. The zero-order chi connectivity index (χ0) is 12.7. The van der Waals surface area contributed by atoms with Crippen molar-refractivity contribution in [2.24, 2.45) is 0 Å². The molecule has 2 heterocycles. The van der Waals surface area contributed by atoms with Crippen molar-refractivity contribution in [1.82, 2.24) is 9.38 Å². The predicted molar refractivity (Wildman–Crippen MR) is 74.8 cm³/mol. The minimum absolute atomic E-state index is 0.681. The van der Waals surface area contributed by atoms with Gasteiger partial charge in [0, 0.05) is 22.5 Å². The Labute approximate surface area is 110 Å². The van der Waals surface area contributed by atoms with Crippen LogP contribution in [0.5, 0.6) is 0 Å². The highest BCUT2D eigenvalue weighted by Crippen LogP contribution is 2.26. The van der Waals surface area contributed by atoms with Gasteiger partial charge in [0.2, 0.25) is 0 Å². The standard InChI is InChI=1S/C14H12ClN3/c1-9-13(10-4-6-11(15)7-5-10)17-14-12(16)3-2-8-18(9)14/h2-8H,16H2,1H3. The van der Waals surface area contributed by atoms with Crippen molar-refractivity contribution in [1.29, 1.82) is 0 Å². The molecule has 3 rings (SSSR count). The molecular weight excluding hydrogens is 246 g/mol. The molecule has 3 aromatic rings. The summed E-state index contributed by atoms with van der Waals surface area (Å²) in [4.78, 5) is 4.61. The maximum Gasteiger partial charge on any atom is 0.160 e. The molecule has 0 saturated heterocycles. The number of nitrogens with zero attached hydrogens (tertiary/aromatic N) is 2. The Hall–Kier alpha value is -2.00. The third kappa shape index (κ3) is 1.64. The molecule has 0 atom stereocenters. The summed E-state index contributed by atoms with van der Waals surface area (Å²) in [5.74, 6) is 0. The Morgan fingerprint density at radius 2 is 1.89 bits per heavy atom. The first-order valence-corrected chi connectivity index (χ1v) is 6.03. The van der Waals surface area contributed by atoms with Gasteiger partial charge < -0.3 is 10.1 Å². The molecule has 0 aliphatic rings. The van der Waals surface area contributed by atoms with Crippen molar-refractivity contribution in [2.45, 2.75) is 6.92 Å². The molecule has 0 unspecified atom stereocenters. The largest absolute Gasteiger partial charge is 0.396 e. The van der Waals surface area contributed by atoms with Gasteiger partial charge in [0.15, 0.2) is 5.65 Å². The summed E-state index contributed by atoms with van der Waals surface area (Å²) >= 11 is 5.90. The predicted octanol–water partition coefficient (Wildman–Crippen LogP) is 3.55. The van der Waals surface area contributed by atoms with Gasteiger partial charge in [0.05, 0.1) is 11.4 Å². The first-order chi connectivity index (χ1) is 8.66. The highest BCUT2D eigenvalue weighted by Gasteiger charge is 2.11. The van der Waals surface area contributed by atoms with Crippen LogP contribution >= 0.6 is 11.6 Å². The van der Waals surface area contributed by atoms with E-state index in [2.05, 4.69) is 4.98 Å². The summed E-state index contributed by atoms with van der Waals surface area (Å²) in [5.41, 5.74) is 10.5. The number of hydrogen-bond donors (Lipinski definition) is 1. The maximum absolute atomic E-state index is 5.94. The van der Waals surface area contributed by atoms with Gasteiger partial charge in [-0.05, 0) is 31.2 Å². The fourth-order valence-electron chi connectivity index (χ4n) is 2.09. The van der Waals surface area contributed by atoms with Crippen molar-refractivity contribution in [3.63, 3.8) is 0 Å².